The van der Waals surface area contributed by atoms with Crippen LogP contribution in [0.5, 0.6) is 0 Å². The van der Waals surface area contributed by atoms with Gasteiger partial charge in [0.25, 0.3) is 0 Å². The van der Waals surface area contributed by atoms with E-state index in [1.807, 2.05) is 11.4 Å². The fraction of sp³-hybridized carbons (Fsp3) is 0.167. The Morgan fingerprint density at radius 1 is 1.41 bits per heavy atom. The van der Waals surface area contributed by atoms with Gasteiger partial charge >= 0.3 is 0 Å². The van der Waals surface area contributed by atoms with Crippen LogP contribution in [0.1, 0.15) is 17.2 Å². The maximum atomic E-state index is 13.4. The second kappa shape index (κ2) is 5.60. The summed E-state index contributed by atoms with van der Waals surface area (Å²) in [5.74, 6) is 5.09. The minimum absolute atomic E-state index is 0.114. The maximum absolute atomic E-state index is 13.4. The molecule has 1 aromatic heterocycles. The zero-order valence-corrected chi connectivity index (χ0v) is 10.6. The fourth-order valence-electron chi connectivity index (χ4n) is 1.65. The number of hydrogen-bond acceptors (Lipinski definition) is 3. The molecule has 0 amide bonds. The molecule has 0 saturated carbocycles. The van der Waals surface area contributed by atoms with Gasteiger partial charge in [0.1, 0.15) is 5.82 Å². The molecular formula is C12H12ClFN2S. The molecule has 0 bridgehead atoms. The molecule has 5 heteroatoms. The van der Waals surface area contributed by atoms with E-state index in [0.29, 0.717) is 0 Å². The number of nitrogens with two attached hydrogens (primary N) is 1. The van der Waals surface area contributed by atoms with E-state index < -0.39 is 5.82 Å². The minimum atomic E-state index is -0.422. The van der Waals surface area contributed by atoms with Gasteiger partial charge in [0, 0.05) is 0 Å². The predicted molar refractivity (Wildman–Crippen MR) is 69.5 cm³/mol. The molecule has 2 nitrogen and oxygen atoms in total. The highest BCUT2D eigenvalue weighted by Gasteiger charge is 2.12. The minimum Gasteiger partial charge on any atom is -0.271 e. The van der Waals surface area contributed by atoms with E-state index in [2.05, 4.69) is 10.8 Å². The number of hydrazine groups is 1. The Balaban J connectivity index is 2.20. The van der Waals surface area contributed by atoms with E-state index >= 15 is 0 Å². The molecule has 0 aliphatic carbocycles. The topological polar surface area (TPSA) is 38.0 Å². The Kier molecular flexibility index (Phi) is 4.12. The quantitative estimate of drug-likeness (QED) is 0.661. The Bertz CT molecular complexity index is 487. The molecule has 1 atom stereocenters. The molecule has 0 spiro atoms. The van der Waals surface area contributed by atoms with Crippen molar-refractivity contribution in [2.24, 2.45) is 5.84 Å². The summed E-state index contributed by atoms with van der Waals surface area (Å²) in [5, 5.41) is 4.18. The molecule has 1 unspecified atom stereocenters. The fourth-order valence-corrected chi connectivity index (χ4v) is 2.45. The van der Waals surface area contributed by atoms with Crippen molar-refractivity contribution in [2.75, 3.05) is 0 Å². The Morgan fingerprint density at radius 2 is 2.24 bits per heavy atom. The lowest BCUT2D eigenvalue weighted by atomic mass is 10.0. The van der Waals surface area contributed by atoms with Crippen LogP contribution in [0.15, 0.2) is 35.0 Å². The van der Waals surface area contributed by atoms with Gasteiger partial charge in [-0.15, -0.1) is 0 Å². The van der Waals surface area contributed by atoms with Crippen LogP contribution in [0.3, 0.4) is 0 Å². The summed E-state index contributed by atoms with van der Waals surface area (Å²) in [6.07, 6.45) is 0.723. The van der Waals surface area contributed by atoms with Gasteiger partial charge in [-0.05, 0) is 46.5 Å². The average Bonchev–Trinajstić information content (AvgIpc) is 2.82. The molecule has 17 heavy (non-hydrogen) atoms. The van der Waals surface area contributed by atoms with Gasteiger partial charge in [-0.25, -0.2) is 4.39 Å². The first-order chi connectivity index (χ1) is 8.20. The van der Waals surface area contributed by atoms with Crippen LogP contribution in [-0.2, 0) is 6.42 Å². The van der Waals surface area contributed by atoms with Crippen LogP contribution < -0.4 is 11.3 Å². The molecule has 1 aromatic carbocycles. The molecule has 0 aliphatic rings. The van der Waals surface area contributed by atoms with Crippen LogP contribution >= 0.6 is 22.9 Å². The molecule has 1 heterocycles. The smallest absolute Gasteiger partial charge is 0.142 e. The van der Waals surface area contributed by atoms with Crippen molar-refractivity contribution >= 4 is 22.9 Å². The van der Waals surface area contributed by atoms with Crippen LogP contribution in [0.25, 0.3) is 0 Å². The van der Waals surface area contributed by atoms with Gasteiger partial charge in [0.2, 0.25) is 0 Å². The first kappa shape index (κ1) is 12.5. The van der Waals surface area contributed by atoms with Crippen molar-refractivity contribution in [1.29, 1.82) is 0 Å². The summed E-state index contributed by atoms with van der Waals surface area (Å²) in [7, 11) is 0. The lowest BCUT2D eigenvalue weighted by molar-refractivity contribution is 0.545. The van der Waals surface area contributed by atoms with Crippen molar-refractivity contribution in [3.63, 3.8) is 0 Å². The van der Waals surface area contributed by atoms with Gasteiger partial charge in [-0.3, -0.25) is 11.3 Å². The van der Waals surface area contributed by atoms with Crippen LogP contribution in [-0.4, -0.2) is 0 Å². The number of rotatable bonds is 4. The summed E-state index contributed by atoms with van der Waals surface area (Å²) in [6.45, 7) is 0. The Hall–Kier alpha value is -0.940. The Labute approximate surface area is 108 Å². The molecule has 3 N–H and O–H groups in total. The van der Waals surface area contributed by atoms with Crippen molar-refractivity contribution in [3.05, 3.63) is 57.0 Å². The molecule has 90 valence electrons. The normalized spacial score (nSPS) is 12.6. The van der Waals surface area contributed by atoms with Gasteiger partial charge in [-0.1, -0.05) is 17.7 Å². The molecule has 0 saturated heterocycles. The molecule has 0 aliphatic heterocycles. The molecule has 0 fully saturated rings. The summed E-state index contributed by atoms with van der Waals surface area (Å²) < 4.78 is 13.4. The standard InChI is InChI=1S/C12H12ClFN2S/c13-10-2-1-9(6-11(10)14)12(16-15)5-8-3-4-17-7-8/h1-4,6-7,12,16H,5,15H2. The largest absolute Gasteiger partial charge is 0.271 e. The Morgan fingerprint density at radius 3 is 2.82 bits per heavy atom. The monoisotopic (exact) mass is 270 g/mol. The van der Waals surface area contributed by atoms with Crippen molar-refractivity contribution in [3.8, 4) is 0 Å². The van der Waals surface area contributed by atoms with Gasteiger partial charge < -0.3 is 0 Å². The zero-order chi connectivity index (χ0) is 12.3. The maximum Gasteiger partial charge on any atom is 0.142 e. The van der Waals surface area contributed by atoms with E-state index in [-0.39, 0.29) is 11.1 Å². The first-order valence-electron chi connectivity index (χ1n) is 5.13. The van der Waals surface area contributed by atoms with Gasteiger partial charge in [-0.2, -0.15) is 11.3 Å². The van der Waals surface area contributed by atoms with E-state index in [0.717, 1.165) is 12.0 Å². The van der Waals surface area contributed by atoms with E-state index in [1.54, 1.807) is 23.5 Å². The van der Waals surface area contributed by atoms with Crippen LogP contribution in [0.2, 0.25) is 5.02 Å². The summed E-state index contributed by atoms with van der Waals surface area (Å²) in [4.78, 5) is 0. The second-order valence-corrected chi connectivity index (χ2v) is 4.92. The highest BCUT2D eigenvalue weighted by atomic mass is 35.5. The third-order valence-electron chi connectivity index (χ3n) is 2.57. The number of thiophene rings is 1. The van der Waals surface area contributed by atoms with Crippen molar-refractivity contribution < 1.29 is 4.39 Å². The van der Waals surface area contributed by atoms with Crippen LogP contribution in [0.4, 0.5) is 4.39 Å². The molecule has 2 rings (SSSR count). The summed E-state index contributed by atoms with van der Waals surface area (Å²) in [5.41, 5.74) is 4.66. The van der Waals surface area contributed by atoms with Crippen molar-refractivity contribution in [1.82, 2.24) is 5.43 Å². The lowest BCUT2D eigenvalue weighted by Crippen LogP contribution is -2.29. The number of benzene rings is 1. The summed E-state index contributed by atoms with van der Waals surface area (Å²) in [6, 6.07) is 6.66. The zero-order valence-electron chi connectivity index (χ0n) is 8.99. The SMILES string of the molecule is NNC(Cc1ccsc1)c1ccc(Cl)c(F)c1. The summed E-state index contributed by atoms with van der Waals surface area (Å²) >= 11 is 7.28. The van der Waals surface area contributed by atoms with E-state index in [9.17, 15) is 4.39 Å². The first-order valence-corrected chi connectivity index (χ1v) is 6.45. The van der Waals surface area contributed by atoms with E-state index in [4.69, 9.17) is 17.4 Å². The molecule has 0 radical (unpaired) electrons. The number of nitrogens with one attached hydrogen (secondary N) is 1. The predicted octanol–water partition coefficient (Wildman–Crippen LogP) is 3.29. The molecular weight excluding hydrogens is 259 g/mol. The van der Waals surface area contributed by atoms with Gasteiger partial charge in [0.05, 0.1) is 11.1 Å². The van der Waals surface area contributed by atoms with Crippen LogP contribution in [0, 0.1) is 5.82 Å². The lowest BCUT2D eigenvalue weighted by Gasteiger charge is -2.16. The second-order valence-electron chi connectivity index (χ2n) is 3.73. The number of hydrogen-bond donors (Lipinski definition) is 2. The third-order valence-corrected chi connectivity index (χ3v) is 3.61. The average molecular weight is 271 g/mol. The van der Waals surface area contributed by atoms with E-state index in [1.165, 1.54) is 11.6 Å². The highest BCUT2D eigenvalue weighted by Crippen LogP contribution is 2.23. The number of halogens is 2. The molecule has 2 aromatic rings. The third kappa shape index (κ3) is 3.04. The van der Waals surface area contributed by atoms with Crippen molar-refractivity contribution in [2.45, 2.75) is 12.5 Å². The van der Waals surface area contributed by atoms with Gasteiger partial charge in [0.15, 0.2) is 0 Å². The highest BCUT2D eigenvalue weighted by molar-refractivity contribution is 7.07.